The van der Waals surface area contributed by atoms with Gasteiger partial charge in [-0.15, -0.1) is 0 Å². The molecule has 0 heterocycles. The minimum absolute atomic E-state index is 0.0457. The molecule has 2 N–H and O–H groups in total. The van der Waals surface area contributed by atoms with Crippen LogP contribution in [0.2, 0.25) is 0 Å². The average molecular weight is 178 g/mol. The van der Waals surface area contributed by atoms with Crippen LogP contribution in [0.25, 0.3) is 6.08 Å². The predicted molar refractivity (Wildman–Crippen MR) is 52.2 cm³/mol. The summed E-state index contributed by atoms with van der Waals surface area (Å²) < 4.78 is 0. The third-order valence-electron chi connectivity index (χ3n) is 1.66. The zero-order chi connectivity index (χ0) is 9.84. The third-order valence-corrected chi connectivity index (χ3v) is 1.66. The number of allylic oxidation sites excluding steroid dienone is 1. The summed E-state index contributed by atoms with van der Waals surface area (Å²) in [5.74, 6) is 0. The van der Waals surface area contributed by atoms with Crippen molar-refractivity contribution in [1.29, 1.82) is 0 Å². The molecular weight excluding hydrogens is 168 g/mol. The van der Waals surface area contributed by atoms with Gasteiger partial charge in [0, 0.05) is 11.6 Å². The summed E-state index contributed by atoms with van der Waals surface area (Å²) in [4.78, 5) is 10.00. The molecule has 0 aromatic heterocycles. The van der Waals surface area contributed by atoms with Crippen molar-refractivity contribution in [3.63, 3.8) is 0 Å². The average Bonchev–Trinajstić information content (AvgIpc) is 2.08. The summed E-state index contributed by atoms with van der Waals surface area (Å²) in [6.45, 7) is 1.83. The van der Waals surface area contributed by atoms with Crippen LogP contribution in [0.3, 0.4) is 0 Å². The SMILES string of the molecule is C/C=C\c1cccc([N+](=O)[O-])c1N. The van der Waals surface area contributed by atoms with Gasteiger partial charge in [-0.2, -0.15) is 0 Å². The summed E-state index contributed by atoms with van der Waals surface area (Å²) >= 11 is 0. The summed E-state index contributed by atoms with van der Waals surface area (Å²) in [5, 5.41) is 10.5. The lowest BCUT2D eigenvalue weighted by Gasteiger charge is -2.00. The largest absolute Gasteiger partial charge is 0.393 e. The Balaban J connectivity index is 3.26. The number of nitro groups is 1. The number of nitrogens with zero attached hydrogens (tertiary/aromatic N) is 1. The van der Waals surface area contributed by atoms with Crippen molar-refractivity contribution in [2.75, 3.05) is 5.73 Å². The van der Waals surface area contributed by atoms with E-state index in [1.54, 1.807) is 24.3 Å². The molecule has 0 spiro atoms. The molecule has 0 unspecified atom stereocenters. The lowest BCUT2D eigenvalue weighted by molar-refractivity contribution is -0.383. The topological polar surface area (TPSA) is 69.2 Å². The number of benzene rings is 1. The molecule has 4 nitrogen and oxygen atoms in total. The van der Waals surface area contributed by atoms with Gasteiger partial charge in [0.2, 0.25) is 0 Å². The number of hydrogen-bond acceptors (Lipinski definition) is 3. The van der Waals surface area contributed by atoms with Crippen molar-refractivity contribution < 1.29 is 4.92 Å². The number of anilines is 1. The van der Waals surface area contributed by atoms with E-state index in [4.69, 9.17) is 5.73 Å². The van der Waals surface area contributed by atoms with Crippen molar-refractivity contribution >= 4 is 17.5 Å². The molecule has 0 aliphatic rings. The second kappa shape index (κ2) is 3.71. The van der Waals surface area contributed by atoms with Crippen LogP contribution in [0.5, 0.6) is 0 Å². The zero-order valence-electron chi connectivity index (χ0n) is 7.23. The first-order valence-corrected chi connectivity index (χ1v) is 3.82. The first-order chi connectivity index (χ1) is 6.16. The molecule has 68 valence electrons. The van der Waals surface area contributed by atoms with Crippen molar-refractivity contribution in [1.82, 2.24) is 0 Å². The Morgan fingerprint density at radius 2 is 2.23 bits per heavy atom. The van der Waals surface area contributed by atoms with Crippen LogP contribution in [0.1, 0.15) is 12.5 Å². The number of nitrogens with two attached hydrogens (primary N) is 1. The summed E-state index contributed by atoms with van der Waals surface area (Å²) in [6, 6.07) is 4.74. The highest BCUT2D eigenvalue weighted by Gasteiger charge is 2.11. The van der Waals surface area contributed by atoms with Gasteiger partial charge in [0.05, 0.1) is 4.92 Å². The van der Waals surface area contributed by atoms with Crippen LogP contribution >= 0.6 is 0 Å². The molecule has 0 radical (unpaired) electrons. The maximum Gasteiger partial charge on any atom is 0.292 e. The van der Waals surface area contributed by atoms with Gasteiger partial charge in [0.25, 0.3) is 5.69 Å². The van der Waals surface area contributed by atoms with Gasteiger partial charge in [0.1, 0.15) is 5.69 Å². The molecule has 0 aliphatic carbocycles. The molecule has 0 fully saturated rings. The van der Waals surface area contributed by atoms with Crippen molar-refractivity contribution in [2.24, 2.45) is 0 Å². The summed E-state index contributed by atoms with van der Waals surface area (Å²) in [6.07, 6.45) is 3.53. The monoisotopic (exact) mass is 178 g/mol. The Labute approximate surface area is 75.8 Å². The second-order valence-electron chi connectivity index (χ2n) is 2.54. The Kier molecular flexibility index (Phi) is 2.64. The maximum atomic E-state index is 10.5. The second-order valence-corrected chi connectivity index (χ2v) is 2.54. The molecule has 4 heteroatoms. The minimum atomic E-state index is -0.484. The normalized spacial score (nSPS) is 10.5. The van der Waals surface area contributed by atoms with E-state index in [2.05, 4.69) is 0 Å². The van der Waals surface area contributed by atoms with E-state index in [1.807, 2.05) is 6.92 Å². The van der Waals surface area contributed by atoms with E-state index in [0.29, 0.717) is 5.56 Å². The molecule has 0 amide bonds. The smallest absolute Gasteiger partial charge is 0.292 e. The quantitative estimate of drug-likeness (QED) is 0.428. The molecule has 0 atom stereocenters. The van der Waals surface area contributed by atoms with Crippen molar-refractivity contribution in [3.05, 3.63) is 40.0 Å². The molecule has 13 heavy (non-hydrogen) atoms. The Bertz CT molecular complexity index is 359. The van der Waals surface area contributed by atoms with Crippen LogP contribution in [0, 0.1) is 10.1 Å². The van der Waals surface area contributed by atoms with E-state index >= 15 is 0 Å². The van der Waals surface area contributed by atoms with E-state index < -0.39 is 4.92 Å². The molecule has 1 aromatic rings. The molecule has 1 rings (SSSR count). The fraction of sp³-hybridized carbons (Fsp3) is 0.111. The first-order valence-electron chi connectivity index (χ1n) is 3.82. The van der Waals surface area contributed by atoms with Crippen LogP contribution in [0.15, 0.2) is 24.3 Å². The number of rotatable bonds is 2. The summed E-state index contributed by atoms with van der Waals surface area (Å²) in [5.41, 5.74) is 6.42. The van der Waals surface area contributed by atoms with Crippen molar-refractivity contribution in [2.45, 2.75) is 6.92 Å². The van der Waals surface area contributed by atoms with Crippen LogP contribution < -0.4 is 5.73 Å². The van der Waals surface area contributed by atoms with E-state index in [9.17, 15) is 10.1 Å². The molecule has 0 saturated carbocycles. The molecule has 0 aliphatic heterocycles. The number of hydrogen-bond donors (Lipinski definition) is 1. The number of nitrogen functional groups attached to an aromatic ring is 1. The zero-order valence-corrected chi connectivity index (χ0v) is 7.23. The Hall–Kier alpha value is -1.84. The van der Waals surface area contributed by atoms with E-state index in [1.165, 1.54) is 6.07 Å². The van der Waals surface area contributed by atoms with Gasteiger partial charge in [-0.3, -0.25) is 10.1 Å². The standard InChI is InChI=1S/C9H10N2O2/c1-2-4-7-5-3-6-8(9(7)10)11(12)13/h2-6H,10H2,1H3/b4-2-. The molecular formula is C9H10N2O2. The van der Waals surface area contributed by atoms with Crippen LogP contribution in [-0.4, -0.2) is 4.92 Å². The van der Waals surface area contributed by atoms with Gasteiger partial charge in [-0.25, -0.2) is 0 Å². The van der Waals surface area contributed by atoms with Gasteiger partial charge in [-0.1, -0.05) is 24.3 Å². The van der Waals surface area contributed by atoms with Crippen molar-refractivity contribution in [3.8, 4) is 0 Å². The van der Waals surface area contributed by atoms with E-state index in [-0.39, 0.29) is 11.4 Å². The lowest BCUT2D eigenvalue weighted by atomic mass is 10.1. The Morgan fingerprint density at radius 1 is 1.54 bits per heavy atom. The fourth-order valence-electron chi connectivity index (χ4n) is 1.05. The fourth-order valence-corrected chi connectivity index (χ4v) is 1.05. The lowest BCUT2D eigenvalue weighted by Crippen LogP contribution is -1.97. The highest BCUT2D eigenvalue weighted by molar-refractivity contribution is 5.72. The van der Waals surface area contributed by atoms with Gasteiger partial charge in [0.15, 0.2) is 0 Å². The van der Waals surface area contributed by atoms with Crippen LogP contribution in [-0.2, 0) is 0 Å². The first kappa shape index (κ1) is 9.25. The molecule has 0 bridgehead atoms. The van der Waals surface area contributed by atoms with Gasteiger partial charge >= 0.3 is 0 Å². The van der Waals surface area contributed by atoms with Crippen LogP contribution in [0.4, 0.5) is 11.4 Å². The van der Waals surface area contributed by atoms with E-state index in [0.717, 1.165) is 0 Å². The third kappa shape index (κ3) is 1.84. The number of para-hydroxylation sites is 1. The number of nitro benzene ring substituents is 1. The van der Waals surface area contributed by atoms with Gasteiger partial charge in [-0.05, 0) is 6.92 Å². The summed E-state index contributed by atoms with van der Waals surface area (Å²) in [7, 11) is 0. The molecule has 1 aromatic carbocycles. The highest BCUT2D eigenvalue weighted by Crippen LogP contribution is 2.25. The predicted octanol–water partition coefficient (Wildman–Crippen LogP) is 2.21. The highest BCUT2D eigenvalue weighted by atomic mass is 16.6. The maximum absolute atomic E-state index is 10.5. The minimum Gasteiger partial charge on any atom is -0.393 e. The Morgan fingerprint density at radius 3 is 2.77 bits per heavy atom. The van der Waals surface area contributed by atoms with Gasteiger partial charge < -0.3 is 5.73 Å². The molecule has 0 saturated heterocycles.